The number of aryl methyl sites for hydroxylation is 2. The van der Waals surface area contributed by atoms with E-state index in [1.807, 2.05) is 0 Å². The zero-order valence-corrected chi connectivity index (χ0v) is 18.2. The van der Waals surface area contributed by atoms with Gasteiger partial charge in [-0.05, 0) is 36.2 Å². The van der Waals surface area contributed by atoms with Crippen LogP contribution in [-0.2, 0) is 23.6 Å². The summed E-state index contributed by atoms with van der Waals surface area (Å²) in [5.41, 5.74) is -0.397. The summed E-state index contributed by atoms with van der Waals surface area (Å²) in [5, 5.41) is 11.7. The predicted molar refractivity (Wildman–Crippen MR) is 116 cm³/mol. The second-order valence-corrected chi connectivity index (χ2v) is 7.92. The molecular weight excluding hydrogens is 451 g/mol. The first-order valence-corrected chi connectivity index (χ1v) is 10.2. The summed E-state index contributed by atoms with van der Waals surface area (Å²) in [6.45, 7) is 1.41. The van der Waals surface area contributed by atoms with Gasteiger partial charge in [0.05, 0.1) is 17.8 Å². The number of nitrogens with zero attached hydrogens (tertiary/aromatic N) is 2. The van der Waals surface area contributed by atoms with Crippen LogP contribution < -0.4 is 16.0 Å². The monoisotopic (exact) mass is 471 g/mol. The van der Waals surface area contributed by atoms with Crippen LogP contribution in [0.5, 0.6) is 0 Å². The molecule has 3 aromatic rings. The van der Waals surface area contributed by atoms with Gasteiger partial charge in [0.2, 0.25) is 0 Å². The smallest absolute Gasteiger partial charge is 0.349 e. The van der Waals surface area contributed by atoms with E-state index in [1.165, 1.54) is 22.9 Å². The van der Waals surface area contributed by atoms with E-state index in [0.717, 1.165) is 12.1 Å². The third-order valence-electron chi connectivity index (χ3n) is 5.62. The molecule has 0 bridgehead atoms. The number of benzene rings is 2. The van der Waals surface area contributed by atoms with E-state index in [2.05, 4.69) is 21.0 Å². The average Bonchev–Trinajstić information content (AvgIpc) is 3.28. The summed E-state index contributed by atoms with van der Waals surface area (Å²) in [6.07, 6.45) is -2.89. The number of urea groups is 1. The van der Waals surface area contributed by atoms with Crippen LogP contribution in [0.3, 0.4) is 0 Å². The first-order valence-electron chi connectivity index (χ1n) is 10.2. The van der Waals surface area contributed by atoms with Gasteiger partial charge in [0.15, 0.2) is 5.54 Å². The van der Waals surface area contributed by atoms with Crippen molar-refractivity contribution in [1.29, 1.82) is 0 Å². The fourth-order valence-corrected chi connectivity index (χ4v) is 4.00. The van der Waals surface area contributed by atoms with E-state index in [-0.39, 0.29) is 12.1 Å². The van der Waals surface area contributed by atoms with Crippen molar-refractivity contribution in [2.45, 2.75) is 18.6 Å². The van der Waals surface area contributed by atoms with Gasteiger partial charge in [0.1, 0.15) is 0 Å². The molecule has 34 heavy (non-hydrogen) atoms. The maximum absolute atomic E-state index is 13.1. The van der Waals surface area contributed by atoms with Crippen molar-refractivity contribution in [2.75, 3.05) is 6.54 Å². The lowest BCUT2D eigenvalue weighted by Crippen LogP contribution is -2.52. The zero-order valence-electron chi connectivity index (χ0n) is 18.2. The molecule has 3 N–H and O–H groups in total. The van der Waals surface area contributed by atoms with Crippen molar-refractivity contribution >= 4 is 17.8 Å². The van der Waals surface area contributed by atoms with Crippen molar-refractivity contribution in [3.8, 4) is 11.1 Å². The van der Waals surface area contributed by atoms with Crippen LogP contribution in [0, 0.1) is 6.92 Å². The number of hydrogen-bond donors (Lipinski definition) is 3. The second-order valence-electron chi connectivity index (χ2n) is 7.92. The van der Waals surface area contributed by atoms with Crippen molar-refractivity contribution in [3.63, 3.8) is 0 Å². The fraction of sp³-hybridized carbons (Fsp3) is 0.217. The topological polar surface area (TPSA) is 105 Å². The van der Waals surface area contributed by atoms with Crippen molar-refractivity contribution < 1.29 is 27.6 Å². The maximum atomic E-state index is 13.1. The van der Waals surface area contributed by atoms with Gasteiger partial charge in [-0.2, -0.15) is 18.3 Å². The van der Waals surface area contributed by atoms with E-state index >= 15 is 0 Å². The van der Waals surface area contributed by atoms with Crippen molar-refractivity contribution in [3.05, 3.63) is 77.1 Å². The number of aromatic nitrogens is 2. The number of imide groups is 1. The number of halogens is 3. The molecule has 0 spiro atoms. The summed E-state index contributed by atoms with van der Waals surface area (Å²) in [7, 11) is 1.66. The Labute approximate surface area is 192 Å². The lowest BCUT2D eigenvalue weighted by molar-refractivity contribution is -0.137. The molecule has 1 aromatic heterocycles. The van der Waals surface area contributed by atoms with Gasteiger partial charge in [0, 0.05) is 24.4 Å². The minimum absolute atomic E-state index is 0.199. The van der Waals surface area contributed by atoms with Crippen molar-refractivity contribution in [1.82, 2.24) is 25.7 Å². The van der Waals surface area contributed by atoms with E-state index in [0.29, 0.717) is 22.4 Å². The number of amides is 4. The molecule has 1 atom stereocenters. The third-order valence-corrected chi connectivity index (χ3v) is 5.62. The van der Waals surface area contributed by atoms with Crippen LogP contribution in [0.15, 0.2) is 54.7 Å². The Morgan fingerprint density at radius 3 is 2.35 bits per heavy atom. The van der Waals surface area contributed by atoms with Crippen LogP contribution >= 0.6 is 0 Å². The first kappa shape index (κ1) is 23.0. The zero-order chi connectivity index (χ0) is 24.7. The normalized spacial score (nSPS) is 17.9. The molecule has 8 nitrogen and oxygen atoms in total. The summed E-state index contributed by atoms with van der Waals surface area (Å²) >= 11 is 0. The lowest BCUT2D eigenvalue weighted by atomic mass is 9.90. The summed E-state index contributed by atoms with van der Waals surface area (Å²) in [5.74, 6) is -1.20. The number of rotatable bonds is 5. The Hall–Kier alpha value is -4.15. The van der Waals surface area contributed by atoms with Gasteiger partial charge in [-0.3, -0.25) is 19.6 Å². The largest absolute Gasteiger partial charge is 0.416 e. The summed E-state index contributed by atoms with van der Waals surface area (Å²) in [6, 6.07) is 10.2. The Morgan fingerprint density at radius 2 is 1.79 bits per heavy atom. The highest BCUT2D eigenvalue weighted by Crippen LogP contribution is 2.32. The third kappa shape index (κ3) is 4.12. The Bertz CT molecular complexity index is 1280. The maximum Gasteiger partial charge on any atom is 0.416 e. The molecule has 2 heterocycles. The average molecular weight is 471 g/mol. The van der Waals surface area contributed by atoms with E-state index in [9.17, 15) is 27.6 Å². The molecule has 0 aliphatic carbocycles. The molecule has 1 aliphatic rings. The molecule has 2 aromatic carbocycles. The number of nitrogens with one attached hydrogen (secondary N) is 3. The Kier molecular flexibility index (Phi) is 5.64. The van der Waals surface area contributed by atoms with E-state index in [1.54, 1.807) is 38.4 Å². The second kappa shape index (κ2) is 8.32. The van der Waals surface area contributed by atoms with Crippen LogP contribution in [0.25, 0.3) is 11.1 Å². The molecule has 11 heteroatoms. The highest BCUT2D eigenvalue weighted by atomic mass is 19.4. The molecule has 0 saturated carbocycles. The number of hydrogen-bond acceptors (Lipinski definition) is 4. The van der Waals surface area contributed by atoms with Gasteiger partial charge in [-0.1, -0.05) is 30.3 Å². The molecular formula is C23H20F3N5O3. The molecule has 4 rings (SSSR count). The highest BCUT2D eigenvalue weighted by Gasteiger charge is 2.49. The van der Waals surface area contributed by atoms with Gasteiger partial charge in [-0.25, -0.2) is 4.79 Å². The van der Waals surface area contributed by atoms with Crippen LogP contribution in [-0.4, -0.2) is 34.2 Å². The minimum Gasteiger partial charge on any atom is -0.349 e. The van der Waals surface area contributed by atoms with Gasteiger partial charge >= 0.3 is 12.2 Å². The van der Waals surface area contributed by atoms with Crippen molar-refractivity contribution in [2.24, 2.45) is 7.05 Å². The molecule has 4 amide bonds. The van der Waals surface area contributed by atoms with Gasteiger partial charge in [-0.15, -0.1) is 0 Å². The van der Waals surface area contributed by atoms with Gasteiger partial charge in [0.25, 0.3) is 11.8 Å². The SMILES string of the molecule is Cc1nn(C)cc1[C@]1(CNC(=O)c2ccccc2-c2ccc(C(F)(F)F)cc2)NC(=O)NC1=O. The molecule has 1 aliphatic heterocycles. The number of carbonyl (C=O) groups is 3. The molecule has 176 valence electrons. The standard InChI is InChI=1S/C23H20F3N5O3/c1-13-18(11-31(2)30-13)22(20(33)28-21(34)29-22)12-27-19(32)17-6-4-3-5-16(17)14-7-9-15(10-8-14)23(24,25)26/h3-11H,12H2,1-2H3,(H,27,32)(H2,28,29,33,34)/t22-/m0/s1. The van der Waals surface area contributed by atoms with Gasteiger partial charge < -0.3 is 10.6 Å². The van der Waals surface area contributed by atoms with Crippen LogP contribution in [0.4, 0.5) is 18.0 Å². The minimum atomic E-state index is -4.47. The predicted octanol–water partition coefficient (Wildman–Crippen LogP) is 2.88. The highest BCUT2D eigenvalue weighted by molar-refractivity contribution is 6.08. The quantitative estimate of drug-likeness (QED) is 0.498. The van der Waals surface area contributed by atoms with Crippen LogP contribution in [0.2, 0.25) is 0 Å². The van der Waals surface area contributed by atoms with Crippen LogP contribution in [0.1, 0.15) is 27.2 Å². The molecule has 1 saturated heterocycles. The summed E-state index contributed by atoms with van der Waals surface area (Å²) in [4.78, 5) is 37.8. The molecule has 1 fully saturated rings. The number of carbonyl (C=O) groups excluding carboxylic acids is 3. The number of alkyl halides is 3. The fourth-order valence-electron chi connectivity index (χ4n) is 4.00. The Morgan fingerprint density at radius 1 is 1.12 bits per heavy atom. The van der Waals surface area contributed by atoms with E-state index < -0.39 is 35.1 Å². The molecule has 0 radical (unpaired) electrons. The Balaban J connectivity index is 1.63. The first-order chi connectivity index (χ1) is 16.0. The lowest BCUT2D eigenvalue weighted by Gasteiger charge is -2.26. The van der Waals surface area contributed by atoms with E-state index in [4.69, 9.17) is 0 Å². The molecule has 0 unspecified atom stereocenters. The summed E-state index contributed by atoms with van der Waals surface area (Å²) < 4.78 is 40.2.